The molecule has 0 aliphatic carbocycles. The molecule has 1 aromatic rings. The normalized spacial score (nSPS) is 21.1. The topological polar surface area (TPSA) is 87.7 Å². The maximum atomic E-state index is 11.7. The molecule has 0 spiro atoms. The zero-order valence-corrected chi connectivity index (χ0v) is 11.7. The maximum absolute atomic E-state index is 11.7. The zero-order valence-electron chi connectivity index (χ0n) is 11.7. The number of carbonyl (C=O) groups is 2. The Morgan fingerprint density at radius 3 is 2.67 bits per heavy atom. The number of ether oxygens (including phenoxy) is 1. The van der Waals surface area contributed by atoms with E-state index in [9.17, 15) is 9.59 Å². The van der Waals surface area contributed by atoms with E-state index < -0.39 is 12.1 Å². The Hall–Kier alpha value is -1.92. The van der Waals surface area contributed by atoms with Crippen LogP contribution in [0.2, 0.25) is 0 Å². The number of amides is 1. The first kappa shape index (κ1) is 15.5. The highest BCUT2D eigenvalue weighted by molar-refractivity contribution is 5.78. The molecule has 2 atom stereocenters. The van der Waals surface area contributed by atoms with Gasteiger partial charge in [0.15, 0.2) is 6.10 Å². The average Bonchev–Trinajstić information content (AvgIpc) is 2.95. The summed E-state index contributed by atoms with van der Waals surface area (Å²) in [6.45, 7) is 1.19. The minimum absolute atomic E-state index is 0.0911. The van der Waals surface area contributed by atoms with Crippen molar-refractivity contribution in [2.24, 2.45) is 0 Å². The third-order valence-electron chi connectivity index (χ3n) is 3.37. The van der Waals surface area contributed by atoms with Gasteiger partial charge in [-0.2, -0.15) is 0 Å². The summed E-state index contributed by atoms with van der Waals surface area (Å²) in [5.74, 6) is -1.01. The van der Waals surface area contributed by atoms with Gasteiger partial charge in [0, 0.05) is 13.1 Å². The molecule has 0 aromatic heterocycles. The van der Waals surface area contributed by atoms with E-state index >= 15 is 0 Å². The summed E-state index contributed by atoms with van der Waals surface area (Å²) in [7, 11) is 0. The number of rotatable bonds is 7. The fourth-order valence-corrected chi connectivity index (χ4v) is 2.24. The molecular weight excluding hydrogens is 272 g/mol. The van der Waals surface area contributed by atoms with Crippen LogP contribution in [0, 0.1) is 0 Å². The molecule has 0 saturated carbocycles. The number of aliphatic carboxylic acids is 1. The van der Waals surface area contributed by atoms with Crippen molar-refractivity contribution in [2.75, 3.05) is 13.1 Å². The minimum atomic E-state index is -0.918. The lowest BCUT2D eigenvalue weighted by Crippen LogP contribution is -2.37. The van der Waals surface area contributed by atoms with E-state index in [1.54, 1.807) is 0 Å². The lowest BCUT2D eigenvalue weighted by Gasteiger charge is -2.12. The van der Waals surface area contributed by atoms with Crippen molar-refractivity contribution in [3.8, 4) is 0 Å². The highest BCUT2D eigenvalue weighted by Gasteiger charge is 2.29. The molecule has 1 heterocycles. The molecule has 2 unspecified atom stereocenters. The van der Waals surface area contributed by atoms with Crippen LogP contribution in [0.3, 0.4) is 0 Å². The number of carboxylic acids is 1. The van der Waals surface area contributed by atoms with Crippen molar-refractivity contribution in [3.63, 3.8) is 0 Å². The Kier molecular flexibility index (Phi) is 5.71. The van der Waals surface area contributed by atoms with Crippen LogP contribution in [-0.2, 0) is 20.9 Å². The minimum Gasteiger partial charge on any atom is -0.479 e. The van der Waals surface area contributed by atoms with Gasteiger partial charge in [-0.1, -0.05) is 30.3 Å². The van der Waals surface area contributed by atoms with Crippen LogP contribution in [0.25, 0.3) is 0 Å². The fourth-order valence-electron chi connectivity index (χ4n) is 2.24. The molecular formula is C15H20N2O4. The van der Waals surface area contributed by atoms with Gasteiger partial charge in [-0.3, -0.25) is 4.79 Å². The third kappa shape index (κ3) is 5.17. The molecule has 6 heteroatoms. The van der Waals surface area contributed by atoms with Gasteiger partial charge in [0.2, 0.25) is 5.91 Å². The van der Waals surface area contributed by atoms with E-state index in [1.807, 2.05) is 30.3 Å². The molecule has 3 N–H and O–H groups in total. The van der Waals surface area contributed by atoms with E-state index in [2.05, 4.69) is 10.6 Å². The molecule has 1 saturated heterocycles. The van der Waals surface area contributed by atoms with Crippen molar-refractivity contribution in [1.29, 1.82) is 0 Å². The first-order valence-electron chi connectivity index (χ1n) is 7.05. The van der Waals surface area contributed by atoms with E-state index in [0.29, 0.717) is 25.9 Å². The number of carboxylic acid groups (broad SMARTS) is 1. The summed E-state index contributed by atoms with van der Waals surface area (Å²) in [5.41, 5.74) is 1.05. The van der Waals surface area contributed by atoms with E-state index in [1.165, 1.54) is 0 Å². The van der Waals surface area contributed by atoms with Gasteiger partial charge in [-0.15, -0.1) is 0 Å². The van der Waals surface area contributed by atoms with Gasteiger partial charge in [0.1, 0.15) is 0 Å². The number of carbonyl (C=O) groups excluding carboxylic acids is 1. The first-order chi connectivity index (χ1) is 10.1. The van der Waals surface area contributed by atoms with Crippen LogP contribution in [0.4, 0.5) is 0 Å². The summed E-state index contributed by atoms with van der Waals surface area (Å²) in [5, 5.41) is 14.6. The molecule has 1 aromatic carbocycles. The summed E-state index contributed by atoms with van der Waals surface area (Å²) in [6.07, 6.45) is 0.397. The van der Waals surface area contributed by atoms with Crippen LogP contribution in [-0.4, -0.2) is 42.3 Å². The van der Waals surface area contributed by atoms with Gasteiger partial charge in [0.25, 0.3) is 0 Å². The maximum Gasteiger partial charge on any atom is 0.332 e. The van der Waals surface area contributed by atoms with Crippen LogP contribution >= 0.6 is 0 Å². The third-order valence-corrected chi connectivity index (χ3v) is 3.37. The Labute approximate surface area is 123 Å². The summed E-state index contributed by atoms with van der Waals surface area (Å²) < 4.78 is 5.34. The van der Waals surface area contributed by atoms with Crippen LogP contribution in [0.5, 0.6) is 0 Å². The average molecular weight is 292 g/mol. The molecule has 0 bridgehead atoms. The van der Waals surface area contributed by atoms with Crippen LogP contribution < -0.4 is 10.6 Å². The molecule has 1 aliphatic heterocycles. The predicted octanol–water partition coefficient (Wildman–Crippen LogP) is 0.525. The Balaban J connectivity index is 1.58. The second-order valence-corrected chi connectivity index (χ2v) is 5.06. The van der Waals surface area contributed by atoms with Gasteiger partial charge >= 0.3 is 5.97 Å². The van der Waals surface area contributed by atoms with Gasteiger partial charge < -0.3 is 20.5 Å². The van der Waals surface area contributed by atoms with Gasteiger partial charge in [-0.25, -0.2) is 4.79 Å². The van der Waals surface area contributed by atoms with Crippen molar-refractivity contribution >= 4 is 11.9 Å². The van der Waals surface area contributed by atoms with Gasteiger partial charge in [-0.05, 0) is 18.4 Å². The number of nitrogens with one attached hydrogen (secondary N) is 2. The second kappa shape index (κ2) is 7.75. The summed E-state index contributed by atoms with van der Waals surface area (Å²) >= 11 is 0. The number of hydrogen-bond donors (Lipinski definition) is 3. The predicted molar refractivity (Wildman–Crippen MR) is 76.7 cm³/mol. The highest BCUT2D eigenvalue weighted by Crippen LogP contribution is 2.18. The van der Waals surface area contributed by atoms with Crippen molar-refractivity contribution in [1.82, 2.24) is 10.6 Å². The SMILES string of the molecule is O=C(CNCC1CCC(C(=O)O)O1)NCc1ccccc1. The molecule has 0 radical (unpaired) electrons. The van der Waals surface area contributed by atoms with E-state index in [-0.39, 0.29) is 18.6 Å². The van der Waals surface area contributed by atoms with Crippen molar-refractivity contribution in [2.45, 2.75) is 31.6 Å². The number of benzene rings is 1. The lowest BCUT2D eigenvalue weighted by atomic mass is 10.2. The summed E-state index contributed by atoms with van der Waals surface area (Å²) in [4.78, 5) is 22.4. The monoisotopic (exact) mass is 292 g/mol. The summed E-state index contributed by atoms with van der Waals surface area (Å²) in [6, 6.07) is 9.68. The second-order valence-electron chi connectivity index (χ2n) is 5.06. The van der Waals surface area contributed by atoms with Crippen LogP contribution in [0.15, 0.2) is 30.3 Å². The quantitative estimate of drug-likeness (QED) is 0.682. The molecule has 6 nitrogen and oxygen atoms in total. The lowest BCUT2D eigenvalue weighted by molar-refractivity contribution is -0.149. The highest BCUT2D eigenvalue weighted by atomic mass is 16.5. The Morgan fingerprint density at radius 2 is 2.00 bits per heavy atom. The first-order valence-corrected chi connectivity index (χ1v) is 7.05. The molecule has 1 amide bonds. The largest absolute Gasteiger partial charge is 0.479 e. The Morgan fingerprint density at radius 1 is 1.24 bits per heavy atom. The van der Waals surface area contributed by atoms with Gasteiger partial charge in [0.05, 0.1) is 12.6 Å². The Bertz CT molecular complexity index is 478. The van der Waals surface area contributed by atoms with E-state index in [4.69, 9.17) is 9.84 Å². The van der Waals surface area contributed by atoms with E-state index in [0.717, 1.165) is 5.56 Å². The zero-order chi connectivity index (χ0) is 15.1. The van der Waals surface area contributed by atoms with Crippen molar-refractivity contribution in [3.05, 3.63) is 35.9 Å². The molecule has 21 heavy (non-hydrogen) atoms. The fraction of sp³-hybridized carbons (Fsp3) is 0.467. The molecule has 2 rings (SSSR count). The van der Waals surface area contributed by atoms with Crippen LogP contribution in [0.1, 0.15) is 18.4 Å². The molecule has 114 valence electrons. The van der Waals surface area contributed by atoms with Crippen molar-refractivity contribution < 1.29 is 19.4 Å². The number of hydrogen-bond acceptors (Lipinski definition) is 4. The molecule has 1 fully saturated rings. The molecule has 1 aliphatic rings. The smallest absolute Gasteiger partial charge is 0.332 e. The standard InChI is InChI=1S/C15H20N2O4/c18-14(17-8-11-4-2-1-3-5-11)10-16-9-12-6-7-13(21-12)15(19)20/h1-5,12-13,16H,6-10H2,(H,17,18)(H,19,20).